The van der Waals surface area contributed by atoms with E-state index in [1.165, 1.54) is 18.2 Å². The molecule has 0 heterocycles. The zero-order valence-electron chi connectivity index (χ0n) is 10.5. The smallest absolute Gasteiger partial charge is 0.166 e. The van der Waals surface area contributed by atoms with Crippen molar-refractivity contribution in [2.45, 2.75) is 25.4 Å². The normalized spacial score (nSPS) is 12.4. The number of allylic oxidation sites excluding steroid dienone is 5. The van der Waals surface area contributed by atoms with Crippen molar-refractivity contribution in [3.05, 3.63) is 72.4 Å². The lowest BCUT2D eigenvalue weighted by molar-refractivity contribution is -0.137. The summed E-state index contributed by atoms with van der Waals surface area (Å²) < 4.78 is 37.0. The van der Waals surface area contributed by atoms with Gasteiger partial charge in [0.2, 0.25) is 0 Å². The van der Waals surface area contributed by atoms with Crippen LogP contribution >= 0.6 is 0 Å². The van der Waals surface area contributed by atoms with Crippen LogP contribution in [0.5, 0.6) is 0 Å². The number of rotatable bonds is 6. The molecule has 1 rings (SSSR count). The van der Waals surface area contributed by atoms with Crippen LogP contribution in [0.1, 0.15) is 24.0 Å². The minimum absolute atomic E-state index is 0.598. The second kappa shape index (κ2) is 7.62. The average Bonchev–Trinajstić information content (AvgIpc) is 2.37. The van der Waals surface area contributed by atoms with Gasteiger partial charge in [-0.25, -0.2) is 0 Å². The van der Waals surface area contributed by atoms with E-state index in [2.05, 4.69) is 0 Å². The molecule has 0 aliphatic carbocycles. The Morgan fingerprint density at radius 3 is 2.26 bits per heavy atom. The molecule has 0 aliphatic heterocycles. The highest BCUT2D eigenvalue weighted by Gasteiger charge is 2.29. The van der Waals surface area contributed by atoms with Crippen molar-refractivity contribution in [2.75, 3.05) is 0 Å². The fourth-order valence-electron chi connectivity index (χ4n) is 1.59. The van der Waals surface area contributed by atoms with Crippen LogP contribution in [0.4, 0.5) is 13.2 Å². The van der Waals surface area contributed by atoms with E-state index in [4.69, 9.17) is 6.58 Å². The van der Waals surface area contributed by atoms with Crippen LogP contribution < -0.4 is 0 Å². The quantitative estimate of drug-likeness (QED) is 0.494. The number of unbranched alkanes of at least 4 members (excludes halogenated alkanes) is 1. The molecule has 0 fully saturated rings. The van der Waals surface area contributed by atoms with Crippen LogP contribution in [0, 0.1) is 6.58 Å². The molecule has 3 heteroatoms. The lowest BCUT2D eigenvalue weighted by atomic mass is 10.1. The summed E-state index contributed by atoms with van der Waals surface area (Å²) in [5, 5.41) is 0. The zero-order chi connectivity index (χ0) is 14.1. The second-order valence-corrected chi connectivity index (χ2v) is 4.09. The molecule has 1 radical (unpaired) electrons. The summed E-state index contributed by atoms with van der Waals surface area (Å²) >= 11 is 0. The van der Waals surface area contributed by atoms with Crippen LogP contribution in [0.25, 0.3) is 0 Å². The summed E-state index contributed by atoms with van der Waals surface area (Å²) in [5.41, 5.74) is 0.326. The molecule has 0 atom stereocenters. The number of halogens is 3. The van der Waals surface area contributed by atoms with Crippen molar-refractivity contribution in [1.82, 2.24) is 0 Å². The van der Waals surface area contributed by atoms with Crippen LogP contribution in [-0.2, 0) is 12.6 Å². The SMILES string of the molecule is [CH]=CC=CC=CCCCc1ccc(C(F)(F)F)cc1. The number of hydrogen-bond acceptors (Lipinski definition) is 0. The molecule has 0 spiro atoms. The van der Waals surface area contributed by atoms with E-state index in [0.29, 0.717) is 0 Å². The molecule has 0 amide bonds. The first-order valence-corrected chi connectivity index (χ1v) is 6.07. The Kier molecular flexibility index (Phi) is 6.13. The third-order valence-corrected chi connectivity index (χ3v) is 2.59. The van der Waals surface area contributed by atoms with Gasteiger partial charge < -0.3 is 0 Å². The van der Waals surface area contributed by atoms with Crippen molar-refractivity contribution >= 4 is 0 Å². The van der Waals surface area contributed by atoms with Gasteiger partial charge in [-0.3, -0.25) is 0 Å². The molecule has 0 N–H and O–H groups in total. The van der Waals surface area contributed by atoms with Gasteiger partial charge in [0.25, 0.3) is 0 Å². The Hall–Kier alpha value is -1.77. The molecule has 19 heavy (non-hydrogen) atoms. The molecule has 1 aromatic rings. The first-order chi connectivity index (χ1) is 9.04. The third-order valence-electron chi connectivity index (χ3n) is 2.59. The molecule has 0 aromatic heterocycles. The van der Waals surface area contributed by atoms with Gasteiger partial charge in [0, 0.05) is 0 Å². The molecule has 0 saturated heterocycles. The minimum atomic E-state index is -4.26. The van der Waals surface area contributed by atoms with Crippen molar-refractivity contribution in [1.29, 1.82) is 0 Å². The first kappa shape index (κ1) is 15.3. The van der Waals surface area contributed by atoms with Crippen LogP contribution in [0.3, 0.4) is 0 Å². The van der Waals surface area contributed by atoms with Gasteiger partial charge in [-0.1, -0.05) is 49.1 Å². The maximum atomic E-state index is 12.3. The van der Waals surface area contributed by atoms with Crippen molar-refractivity contribution in [2.24, 2.45) is 0 Å². The number of alkyl halides is 3. The van der Waals surface area contributed by atoms with E-state index in [0.717, 1.165) is 37.0 Å². The summed E-state index contributed by atoms with van der Waals surface area (Å²) in [6, 6.07) is 5.33. The lowest BCUT2D eigenvalue weighted by Gasteiger charge is -2.07. The molecule has 0 saturated carbocycles. The Morgan fingerprint density at radius 2 is 1.68 bits per heavy atom. The molecular weight excluding hydrogens is 249 g/mol. The molecule has 0 aliphatic rings. The van der Waals surface area contributed by atoms with Gasteiger partial charge in [0.15, 0.2) is 0 Å². The minimum Gasteiger partial charge on any atom is -0.166 e. The van der Waals surface area contributed by atoms with E-state index in [1.54, 1.807) is 6.08 Å². The van der Waals surface area contributed by atoms with Crippen LogP contribution in [0.2, 0.25) is 0 Å². The molecule has 1 aromatic carbocycles. The molecule has 0 nitrogen and oxygen atoms in total. The van der Waals surface area contributed by atoms with Gasteiger partial charge in [-0.2, -0.15) is 13.2 Å². The molecule has 101 valence electrons. The highest BCUT2D eigenvalue weighted by atomic mass is 19.4. The third kappa shape index (κ3) is 6.09. The molecular formula is C16H16F3. The maximum absolute atomic E-state index is 12.3. The zero-order valence-corrected chi connectivity index (χ0v) is 10.5. The average molecular weight is 265 g/mol. The van der Waals surface area contributed by atoms with Gasteiger partial charge in [-0.15, -0.1) is 0 Å². The van der Waals surface area contributed by atoms with Gasteiger partial charge in [-0.05, 0) is 37.0 Å². The van der Waals surface area contributed by atoms with E-state index >= 15 is 0 Å². The predicted molar refractivity (Wildman–Crippen MR) is 71.5 cm³/mol. The maximum Gasteiger partial charge on any atom is 0.416 e. The number of aryl methyl sites for hydroxylation is 1. The number of benzene rings is 1. The summed E-state index contributed by atoms with van der Waals surface area (Å²) in [4.78, 5) is 0. The van der Waals surface area contributed by atoms with Crippen molar-refractivity contribution in [3.8, 4) is 0 Å². The Labute approximate surface area is 112 Å². The summed E-state index contributed by atoms with van der Waals surface area (Å²) in [6.07, 6.45) is 7.22. The standard InChI is InChI=1S/C16H16F3/c1-2-3-4-5-6-7-8-9-14-10-12-15(13-11-14)16(17,18)19/h1-6,10-13H,7-9H2. The van der Waals surface area contributed by atoms with Crippen LogP contribution in [-0.4, -0.2) is 0 Å². The highest BCUT2D eigenvalue weighted by molar-refractivity contribution is 5.24. The fourth-order valence-corrected chi connectivity index (χ4v) is 1.59. The monoisotopic (exact) mass is 265 g/mol. The van der Waals surface area contributed by atoms with Gasteiger partial charge in [0.05, 0.1) is 5.56 Å². The summed E-state index contributed by atoms with van der Waals surface area (Å²) in [7, 11) is 0. The molecule has 0 bridgehead atoms. The summed E-state index contributed by atoms with van der Waals surface area (Å²) in [6.45, 7) is 5.16. The van der Waals surface area contributed by atoms with Gasteiger partial charge in [0.1, 0.15) is 0 Å². The topological polar surface area (TPSA) is 0 Å². The van der Waals surface area contributed by atoms with Crippen LogP contribution in [0.15, 0.2) is 54.6 Å². The molecule has 0 unspecified atom stereocenters. The van der Waals surface area contributed by atoms with Gasteiger partial charge >= 0.3 is 6.18 Å². The highest BCUT2D eigenvalue weighted by Crippen LogP contribution is 2.29. The lowest BCUT2D eigenvalue weighted by Crippen LogP contribution is -2.04. The van der Waals surface area contributed by atoms with Crippen molar-refractivity contribution in [3.63, 3.8) is 0 Å². The summed E-state index contributed by atoms with van der Waals surface area (Å²) in [5.74, 6) is 0. The van der Waals surface area contributed by atoms with E-state index in [9.17, 15) is 13.2 Å². The number of hydrogen-bond donors (Lipinski definition) is 0. The Morgan fingerprint density at radius 1 is 1.00 bits per heavy atom. The van der Waals surface area contributed by atoms with E-state index in [-0.39, 0.29) is 0 Å². The second-order valence-electron chi connectivity index (χ2n) is 4.09. The Balaban J connectivity index is 2.36. The largest absolute Gasteiger partial charge is 0.416 e. The first-order valence-electron chi connectivity index (χ1n) is 6.07. The Bertz CT molecular complexity index is 436. The van der Waals surface area contributed by atoms with E-state index < -0.39 is 11.7 Å². The van der Waals surface area contributed by atoms with E-state index in [1.807, 2.05) is 18.2 Å². The fraction of sp³-hybridized carbons (Fsp3) is 0.250. The predicted octanol–water partition coefficient (Wildman–Crippen LogP) is 5.13. The van der Waals surface area contributed by atoms with Crippen molar-refractivity contribution < 1.29 is 13.2 Å².